The van der Waals surface area contributed by atoms with Gasteiger partial charge in [-0.25, -0.2) is 0 Å². The van der Waals surface area contributed by atoms with Gasteiger partial charge in [0.25, 0.3) is 0 Å². The topological polar surface area (TPSA) is 44.8 Å². The van der Waals surface area contributed by atoms with Gasteiger partial charge in [-0.3, -0.25) is 4.79 Å². The van der Waals surface area contributed by atoms with Crippen LogP contribution in [-0.4, -0.2) is 26.3 Å². The highest BCUT2D eigenvalue weighted by Crippen LogP contribution is 2.16. The van der Waals surface area contributed by atoms with E-state index >= 15 is 0 Å². The Hall–Kier alpha value is -1.55. The zero-order valence-electron chi connectivity index (χ0n) is 9.85. The molecule has 0 saturated carbocycles. The number of methoxy groups -OCH3 is 1. The van der Waals surface area contributed by atoms with Gasteiger partial charge in [-0.05, 0) is 24.1 Å². The van der Waals surface area contributed by atoms with Gasteiger partial charge in [0.05, 0.1) is 19.6 Å². The minimum Gasteiger partial charge on any atom is -0.497 e. The molecule has 2 rings (SSSR count). The van der Waals surface area contributed by atoms with E-state index in [4.69, 9.17) is 14.2 Å². The minimum atomic E-state index is -0.168. The molecule has 1 atom stereocenters. The highest BCUT2D eigenvalue weighted by Gasteiger charge is 2.24. The Kier molecular flexibility index (Phi) is 3.98. The Morgan fingerprint density at radius 3 is 2.76 bits per heavy atom. The molecule has 0 radical (unpaired) electrons. The Labute approximate surface area is 100 Å². The smallest absolute Gasteiger partial charge is 0.311 e. The summed E-state index contributed by atoms with van der Waals surface area (Å²) in [5.74, 6) is 0.538. The van der Waals surface area contributed by atoms with Crippen molar-refractivity contribution in [2.24, 2.45) is 5.92 Å². The van der Waals surface area contributed by atoms with E-state index in [9.17, 15) is 4.79 Å². The molecule has 1 aromatic rings. The zero-order chi connectivity index (χ0) is 12.1. The average molecular weight is 236 g/mol. The largest absolute Gasteiger partial charge is 0.497 e. The van der Waals surface area contributed by atoms with Gasteiger partial charge < -0.3 is 14.2 Å². The fraction of sp³-hybridized carbons (Fsp3) is 0.462. The molecular formula is C13H16O4. The van der Waals surface area contributed by atoms with Crippen LogP contribution in [0.25, 0.3) is 0 Å². The molecule has 92 valence electrons. The third-order valence-corrected chi connectivity index (χ3v) is 2.80. The predicted octanol–water partition coefficient (Wildman–Crippen LogP) is 1.77. The fourth-order valence-electron chi connectivity index (χ4n) is 1.71. The van der Waals surface area contributed by atoms with Crippen LogP contribution in [0.2, 0.25) is 0 Å². The quantitative estimate of drug-likeness (QED) is 0.747. The van der Waals surface area contributed by atoms with Crippen LogP contribution in [0, 0.1) is 5.92 Å². The van der Waals surface area contributed by atoms with Gasteiger partial charge in [0.2, 0.25) is 0 Å². The van der Waals surface area contributed by atoms with Gasteiger partial charge in [0.1, 0.15) is 12.4 Å². The molecule has 0 bridgehead atoms. The lowest BCUT2D eigenvalue weighted by atomic mass is 10.1. The molecule has 1 aromatic carbocycles. The lowest BCUT2D eigenvalue weighted by molar-refractivity contribution is -0.149. The van der Waals surface area contributed by atoms with E-state index < -0.39 is 0 Å². The summed E-state index contributed by atoms with van der Waals surface area (Å²) in [5.41, 5.74) is 0.957. The molecule has 0 aliphatic carbocycles. The zero-order valence-corrected chi connectivity index (χ0v) is 9.85. The summed E-state index contributed by atoms with van der Waals surface area (Å²) >= 11 is 0. The summed E-state index contributed by atoms with van der Waals surface area (Å²) in [6.07, 6.45) is 0.765. The van der Waals surface area contributed by atoms with Crippen LogP contribution in [0.4, 0.5) is 0 Å². The third-order valence-electron chi connectivity index (χ3n) is 2.80. The SMILES string of the molecule is COc1ccc(COC(=O)C2CCOC2)cc1. The van der Waals surface area contributed by atoms with E-state index in [2.05, 4.69) is 0 Å². The summed E-state index contributed by atoms with van der Waals surface area (Å²) in [6, 6.07) is 7.47. The normalized spacial score (nSPS) is 19.0. The van der Waals surface area contributed by atoms with Gasteiger partial charge in [-0.2, -0.15) is 0 Å². The predicted molar refractivity (Wildman–Crippen MR) is 61.7 cm³/mol. The van der Waals surface area contributed by atoms with Crippen molar-refractivity contribution >= 4 is 5.97 Å². The second kappa shape index (κ2) is 5.68. The van der Waals surface area contributed by atoms with Crippen molar-refractivity contribution in [2.45, 2.75) is 13.0 Å². The Balaban J connectivity index is 1.82. The first-order valence-corrected chi connectivity index (χ1v) is 5.67. The first-order chi connectivity index (χ1) is 8.29. The second-order valence-electron chi connectivity index (χ2n) is 4.02. The van der Waals surface area contributed by atoms with Gasteiger partial charge in [-0.15, -0.1) is 0 Å². The van der Waals surface area contributed by atoms with Crippen molar-refractivity contribution < 1.29 is 19.0 Å². The fourth-order valence-corrected chi connectivity index (χ4v) is 1.71. The number of rotatable bonds is 4. The maximum Gasteiger partial charge on any atom is 0.311 e. The summed E-state index contributed by atoms with van der Waals surface area (Å²) in [7, 11) is 1.62. The molecule has 1 aliphatic heterocycles. The standard InChI is InChI=1S/C13H16O4/c1-15-12-4-2-10(3-5-12)8-17-13(14)11-6-7-16-9-11/h2-5,11H,6-9H2,1H3. The van der Waals surface area contributed by atoms with Crippen LogP contribution in [0.3, 0.4) is 0 Å². The molecule has 0 aromatic heterocycles. The van der Waals surface area contributed by atoms with Crippen molar-refractivity contribution in [1.82, 2.24) is 0 Å². The van der Waals surface area contributed by atoms with E-state index in [1.165, 1.54) is 0 Å². The molecule has 0 N–H and O–H groups in total. The molecule has 17 heavy (non-hydrogen) atoms. The van der Waals surface area contributed by atoms with Crippen molar-refractivity contribution in [1.29, 1.82) is 0 Å². The van der Waals surface area contributed by atoms with Gasteiger partial charge in [0, 0.05) is 6.61 Å². The van der Waals surface area contributed by atoms with Crippen molar-refractivity contribution in [3.05, 3.63) is 29.8 Å². The lowest BCUT2D eigenvalue weighted by Gasteiger charge is -2.09. The van der Waals surface area contributed by atoms with Gasteiger partial charge >= 0.3 is 5.97 Å². The van der Waals surface area contributed by atoms with Gasteiger partial charge in [0.15, 0.2) is 0 Å². The number of hydrogen-bond acceptors (Lipinski definition) is 4. The van der Waals surface area contributed by atoms with Crippen LogP contribution in [0.5, 0.6) is 5.75 Å². The summed E-state index contributed by atoms with van der Waals surface area (Å²) in [4.78, 5) is 11.6. The Morgan fingerprint density at radius 1 is 1.41 bits per heavy atom. The van der Waals surface area contributed by atoms with E-state index in [0.717, 1.165) is 17.7 Å². The third kappa shape index (κ3) is 3.20. The Morgan fingerprint density at radius 2 is 2.18 bits per heavy atom. The van der Waals surface area contributed by atoms with E-state index in [1.807, 2.05) is 24.3 Å². The molecule has 1 saturated heterocycles. The highest BCUT2D eigenvalue weighted by molar-refractivity contribution is 5.72. The maximum absolute atomic E-state index is 11.6. The summed E-state index contributed by atoms with van der Waals surface area (Å²) < 4.78 is 15.4. The molecule has 4 heteroatoms. The van der Waals surface area contributed by atoms with Crippen molar-refractivity contribution in [3.63, 3.8) is 0 Å². The van der Waals surface area contributed by atoms with Crippen LogP contribution >= 0.6 is 0 Å². The number of carbonyl (C=O) groups is 1. The summed E-state index contributed by atoms with van der Waals surface area (Å²) in [5, 5.41) is 0. The van der Waals surface area contributed by atoms with E-state index in [0.29, 0.717) is 19.8 Å². The van der Waals surface area contributed by atoms with Crippen molar-refractivity contribution in [2.75, 3.05) is 20.3 Å². The van der Waals surface area contributed by atoms with E-state index in [1.54, 1.807) is 7.11 Å². The Bertz CT molecular complexity index is 366. The highest BCUT2D eigenvalue weighted by atomic mass is 16.5. The number of hydrogen-bond donors (Lipinski definition) is 0. The van der Waals surface area contributed by atoms with Crippen LogP contribution in [0.1, 0.15) is 12.0 Å². The summed E-state index contributed by atoms with van der Waals surface area (Å²) in [6.45, 7) is 1.45. The van der Waals surface area contributed by atoms with Crippen LogP contribution in [0.15, 0.2) is 24.3 Å². The number of benzene rings is 1. The molecule has 0 spiro atoms. The number of esters is 1. The van der Waals surface area contributed by atoms with Gasteiger partial charge in [-0.1, -0.05) is 12.1 Å². The molecule has 0 amide bonds. The van der Waals surface area contributed by atoms with Crippen LogP contribution in [-0.2, 0) is 20.9 Å². The number of ether oxygens (including phenoxy) is 3. The first kappa shape index (κ1) is 11.9. The average Bonchev–Trinajstić information content (AvgIpc) is 2.90. The second-order valence-corrected chi connectivity index (χ2v) is 4.02. The molecule has 1 unspecified atom stereocenters. The molecule has 1 fully saturated rings. The van der Waals surface area contributed by atoms with Crippen LogP contribution < -0.4 is 4.74 Å². The minimum absolute atomic E-state index is 0.0896. The first-order valence-electron chi connectivity index (χ1n) is 5.67. The molecule has 4 nitrogen and oxygen atoms in total. The van der Waals surface area contributed by atoms with Crippen molar-refractivity contribution in [3.8, 4) is 5.75 Å². The van der Waals surface area contributed by atoms with E-state index in [-0.39, 0.29) is 11.9 Å². The lowest BCUT2D eigenvalue weighted by Crippen LogP contribution is -2.17. The molecular weight excluding hydrogens is 220 g/mol. The molecule has 1 heterocycles. The molecule has 1 aliphatic rings. The maximum atomic E-state index is 11.6. The monoisotopic (exact) mass is 236 g/mol. The number of carbonyl (C=O) groups excluding carboxylic acids is 1.